The van der Waals surface area contributed by atoms with Gasteiger partial charge in [0.1, 0.15) is 6.04 Å². The number of rotatable bonds is 3. The van der Waals surface area contributed by atoms with E-state index in [1.54, 1.807) is 6.92 Å². The lowest BCUT2D eigenvalue weighted by Gasteiger charge is -2.34. The first-order valence-corrected chi connectivity index (χ1v) is 6.52. The van der Waals surface area contributed by atoms with Crippen molar-refractivity contribution in [3.8, 4) is 0 Å². The molecular formula is C13H15F2N3O3. The molecule has 0 bridgehead atoms. The van der Waals surface area contributed by atoms with E-state index in [1.807, 2.05) is 0 Å². The topological polar surface area (TPSA) is 71.5 Å². The van der Waals surface area contributed by atoms with Gasteiger partial charge >= 0.3 is 0 Å². The number of nitrogens with one attached hydrogen (secondary N) is 1. The van der Waals surface area contributed by atoms with Crippen LogP contribution in [0.4, 0.5) is 8.78 Å². The maximum Gasteiger partial charge on any atom is 0.257 e. The number of hydrogen-bond acceptors (Lipinski definition) is 4. The summed E-state index contributed by atoms with van der Waals surface area (Å²) in [7, 11) is 0. The van der Waals surface area contributed by atoms with Crippen molar-refractivity contribution in [2.75, 3.05) is 26.3 Å². The first-order valence-electron chi connectivity index (χ1n) is 6.52. The summed E-state index contributed by atoms with van der Waals surface area (Å²) in [5.74, 6) is -3.80. The summed E-state index contributed by atoms with van der Waals surface area (Å²) in [6.45, 7) is 2.52. The molecule has 6 nitrogen and oxygen atoms in total. The van der Waals surface area contributed by atoms with E-state index in [0.29, 0.717) is 6.54 Å². The maximum absolute atomic E-state index is 13.7. The summed E-state index contributed by atoms with van der Waals surface area (Å²) >= 11 is 0. The van der Waals surface area contributed by atoms with Gasteiger partial charge in [0.25, 0.3) is 5.91 Å². The third-order valence-electron chi connectivity index (χ3n) is 3.12. The van der Waals surface area contributed by atoms with Gasteiger partial charge in [-0.1, -0.05) is 0 Å². The molecule has 0 radical (unpaired) electrons. The van der Waals surface area contributed by atoms with Crippen LogP contribution in [-0.4, -0.2) is 54.0 Å². The molecule has 0 aromatic carbocycles. The molecule has 2 amide bonds. The van der Waals surface area contributed by atoms with Gasteiger partial charge in [0.05, 0.1) is 18.8 Å². The van der Waals surface area contributed by atoms with Crippen LogP contribution < -0.4 is 5.32 Å². The Kier molecular flexibility index (Phi) is 4.79. The van der Waals surface area contributed by atoms with Gasteiger partial charge < -0.3 is 15.0 Å². The molecule has 0 spiro atoms. The van der Waals surface area contributed by atoms with Crippen molar-refractivity contribution in [3.05, 3.63) is 29.6 Å². The smallest absolute Gasteiger partial charge is 0.257 e. The van der Waals surface area contributed by atoms with Crippen molar-refractivity contribution in [2.45, 2.75) is 13.0 Å². The summed E-state index contributed by atoms with van der Waals surface area (Å²) in [6.07, 6.45) is 1.01. The van der Waals surface area contributed by atoms with Crippen molar-refractivity contribution in [1.29, 1.82) is 0 Å². The number of likely N-dealkylation sites (N-methyl/N-ethyl adjacent to an activating group) is 1. The van der Waals surface area contributed by atoms with E-state index in [1.165, 1.54) is 4.90 Å². The molecular weight excluding hydrogens is 284 g/mol. The molecule has 0 aliphatic carbocycles. The highest BCUT2D eigenvalue weighted by molar-refractivity contribution is 5.97. The third-order valence-corrected chi connectivity index (χ3v) is 3.12. The largest absolute Gasteiger partial charge is 0.377 e. The van der Waals surface area contributed by atoms with E-state index in [-0.39, 0.29) is 25.7 Å². The molecule has 21 heavy (non-hydrogen) atoms. The van der Waals surface area contributed by atoms with Gasteiger partial charge in [0.15, 0.2) is 5.82 Å². The minimum Gasteiger partial charge on any atom is -0.377 e. The zero-order valence-electron chi connectivity index (χ0n) is 11.4. The van der Waals surface area contributed by atoms with Gasteiger partial charge in [-0.3, -0.25) is 9.59 Å². The lowest BCUT2D eigenvalue weighted by molar-refractivity contribution is -0.130. The second kappa shape index (κ2) is 6.57. The Balaban J connectivity index is 2.26. The van der Waals surface area contributed by atoms with Crippen LogP contribution in [0.2, 0.25) is 0 Å². The number of carbonyl (C=O) groups is 2. The fourth-order valence-electron chi connectivity index (χ4n) is 2.09. The normalized spacial score (nSPS) is 18.4. The van der Waals surface area contributed by atoms with E-state index in [0.717, 1.165) is 12.3 Å². The predicted octanol–water partition coefficient (Wildman–Crippen LogP) is 0.337. The Labute approximate surface area is 120 Å². The Morgan fingerprint density at radius 3 is 3.00 bits per heavy atom. The van der Waals surface area contributed by atoms with Gasteiger partial charge in [-0.2, -0.15) is 4.39 Å². The number of nitrogens with zero attached hydrogens (tertiary/aromatic N) is 2. The quantitative estimate of drug-likeness (QED) is 0.817. The molecule has 1 saturated heterocycles. The van der Waals surface area contributed by atoms with Crippen molar-refractivity contribution in [1.82, 2.24) is 15.2 Å². The molecule has 1 aromatic rings. The molecule has 114 valence electrons. The number of ether oxygens (including phenoxy) is 1. The monoisotopic (exact) mass is 299 g/mol. The van der Waals surface area contributed by atoms with E-state index in [9.17, 15) is 18.4 Å². The van der Waals surface area contributed by atoms with Gasteiger partial charge in [-0.25, -0.2) is 9.37 Å². The number of pyridine rings is 1. The lowest BCUT2D eigenvalue weighted by atomic mass is 10.1. The van der Waals surface area contributed by atoms with Gasteiger partial charge in [0.2, 0.25) is 11.9 Å². The lowest BCUT2D eigenvalue weighted by Crippen LogP contribution is -2.56. The standard InChI is InChI=1S/C13H15F2N3O3/c1-2-16-12(19)9-7-21-6-5-18(9)13(20)8-3-4-17-11(15)10(8)14/h3-4,9H,2,5-7H2,1H3,(H,16,19). The summed E-state index contributed by atoms with van der Waals surface area (Å²) in [5.41, 5.74) is -0.446. The Bertz CT molecular complexity index is 553. The molecule has 1 aliphatic rings. The molecule has 0 saturated carbocycles. The van der Waals surface area contributed by atoms with Crippen LogP contribution >= 0.6 is 0 Å². The summed E-state index contributed by atoms with van der Waals surface area (Å²) in [6, 6.07) is 0.229. The summed E-state index contributed by atoms with van der Waals surface area (Å²) < 4.78 is 32.0. The molecule has 2 heterocycles. The van der Waals surface area contributed by atoms with Crippen molar-refractivity contribution in [2.24, 2.45) is 0 Å². The van der Waals surface area contributed by atoms with E-state index in [2.05, 4.69) is 10.3 Å². The van der Waals surface area contributed by atoms with Gasteiger partial charge in [-0.15, -0.1) is 0 Å². The molecule has 1 unspecified atom stereocenters. The highest BCUT2D eigenvalue weighted by Gasteiger charge is 2.34. The number of aromatic nitrogens is 1. The SMILES string of the molecule is CCNC(=O)C1COCCN1C(=O)c1ccnc(F)c1F. The molecule has 2 rings (SSSR count). The van der Waals surface area contributed by atoms with Crippen LogP contribution in [0.5, 0.6) is 0 Å². The van der Waals surface area contributed by atoms with E-state index < -0.39 is 29.3 Å². The second-order valence-corrected chi connectivity index (χ2v) is 4.45. The van der Waals surface area contributed by atoms with Crippen molar-refractivity contribution in [3.63, 3.8) is 0 Å². The van der Waals surface area contributed by atoms with Crippen LogP contribution in [-0.2, 0) is 9.53 Å². The fraction of sp³-hybridized carbons (Fsp3) is 0.462. The van der Waals surface area contributed by atoms with Crippen LogP contribution in [0, 0.1) is 11.8 Å². The molecule has 1 aliphatic heterocycles. The van der Waals surface area contributed by atoms with Gasteiger partial charge in [0, 0.05) is 19.3 Å². The molecule has 1 fully saturated rings. The minimum absolute atomic E-state index is 0.0206. The van der Waals surface area contributed by atoms with Crippen LogP contribution in [0.1, 0.15) is 17.3 Å². The summed E-state index contributed by atoms with van der Waals surface area (Å²) in [5, 5.41) is 2.58. The highest BCUT2D eigenvalue weighted by atomic mass is 19.2. The number of amides is 2. The second-order valence-electron chi connectivity index (χ2n) is 4.45. The number of carbonyl (C=O) groups excluding carboxylic acids is 2. The van der Waals surface area contributed by atoms with E-state index >= 15 is 0 Å². The average Bonchev–Trinajstić information content (AvgIpc) is 2.49. The first-order chi connectivity index (χ1) is 10.1. The first kappa shape index (κ1) is 15.3. The number of morpholine rings is 1. The van der Waals surface area contributed by atoms with Gasteiger partial charge in [-0.05, 0) is 13.0 Å². The number of halogens is 2. The van der Waals surface area contributed by atoms with Crippen molar-refractivity contribution >= 4 is 11.8 Å². The van der Waals surface area contributed by atoms with Crippen molar-refractivity contribution < 1.29 is 23.1 Å². The zero-order valence-corrected chi connectivity index (χ0v) is 11.4. The minimum atomic E-state index is -1.34. The Hall–Kier alpha value is -2.09. The molecule has 1 atom stereocenters. The highest BCUT2D eigenvalue weighted by Crippen LogP contribution is 2.16. The Morgan fingerprint density at radius 1 is 1.52 bits per heavy atom. The van der Waals surface area contributed by atoms with Crippen LogP contribution in [0.3, 0.4) is 0 Å². The number of hydrogen-bond donors (Lipinski definition) is 1. The maximum atomic E-state index is 13.7. The zero-order chi connectivity index (χ0) is 15.4. The third kappa shape index (κ3) is 3.15. The predicted molar refractivity (Wildman–Crippen MR) is 68.5 cm³/mol. The fourth-order valence-corrected chi connectivity index (χ4v) is 2.09. The molecule has 8 heteroatoms. The summed E-state index contributed by atoms with van der Waals surface area (Å²) in [4.78, 5) is 28.6. The molecule has 1 N–H and O–H groups in total. The average molecular weight is 299 g/mol. The van der Waals surface area contributed by atoms with Crippen LogP contribution in [0.15, 0.2) is 12.3 Å². The van der Waals surface area contributed by atoms with E-state index in [4.69, 9.17) is 4.74 Å². The molecule has 1 aromatic heterocycles. The van der Waals surface area contributed by atoms with Crippen LogP contribution in [0.25, 0.3) is 0 Å². The Morgan fingerprint density at radius 2 is 2.29 bits per heavy atom.